The third-order valence-corrected chi connectivity index (χ3v) is 5.09. The zero-order valence-electron chi connectivity index (χ0n) is 14.0. The van der Waals surface area contributed by atoms with Crippen molar-refractivity contribution in [1.29, 1.82) is 0 Å². The standard InChI is InChI=1S/C17H35NO/c1-7-14(4)15(18-8-2)17(19-9-3)12-10-16(5,6)11-13-17/h14-15,18H,7-13H2,1-6H3. The molecular formula is C17H35NO. The fourth-order valence-electron chi connectivity index (χ4n) is 3.54. The Morgan fingerprint density at radius 3 is 2.05 bits per heavy atom. The molecule has 0 heterocycles. The number of nitrogens with one attached hydrogen (secondary N) is 1. The molecule has 0 aliphatic heterocycles. The highest BCUT2D eigenvalue weighted by Gasteiger charge is 2.45. The fourth-order valence-corrected chi connectivity index (χ4v) is 3.54. The zero-order valence-corrected chi connectivity index (χ0v) is 14.0. The molecule has 0 aromatic carbocycles. The smallest absolute Gasteiger partial charge is 0.0837 e. The Hall–Kier alpha value is -0.0800. The highest BCUT2D eigenvalue weighted by Crippen LogP contribution is 2.45. The molecule has 2 unspecified atom stereocenters. The summed E-state index contributed by atoms with van der Waals surface area (Å²) in [7, 11) is 0. The lowest BCUT2D eigenvalue weighted by atomic mass is 9.66. The summed E-state index contributed by atoms with van der Waals surface area (Å²) in [5, 5.41) is 3.73. The second kappa shape index (κ2) is 7.08. The van der Waals surface area contributed by atoms with Crippen LogP contribution in [-0.2, 0) is 4.74 Å². The molecule has 0 bridgehead atoms. The van der Waals surface area contributed by atoms with Gasteiger partial charge in [0.2, 0.25) is 0 Å². The van der Waals surface area contributed by atoms with Gasteiger partial charge >= 0.3 is 0 Å². The highest BCUT2D eigenvalue weighted by atomic mass is 16.5. The Morgan fingerprint density at radius 2 is 1.63 bits per heavy atom. The SMILES string of the molecule is CCNC(C(C)CC)C1(OCC)CCC(C)(C)CC1. The predicted molar refractivity (Wildman–Crippen MR) is 83.5 cm³/mol. The van der Waals surface area contributed by atoms with Crippen LogP contribution >= 0.6 is 0 Å². The van der Waals surface area contributed by atoms with Crippen LogP contribution < -0.4 is 5.32 Å². The summed E-state index contributed by atoms with van der Waals surface area (Å²) in [6.07, 6.45) is 6.19. The van der Waals surface area contributed by atoms with Gasteiger partial charge in [-0.05, 0) is 50.5 Å². The quantitative estimate of drug-likeness (QED) is 0.740. The molecule has 0 aromatic rings. The Bertz CT molecular complexity index is 252. The molecule has 0 amide bonds. The van der Waals surface area contributed by atoms with Gasteiger partial charge in [0, 0.05) is 12.6 Å². The molecule has 1 aliphatic rings. The van der Waals surface area contributed by atoms with E-state index < -0.39 is 0 Å². The molecule has 1 rings (SSSR count). The van der Waals surface area contributed by atoms with Gasteiger partial charge in [-0.25, -0.2) is 0 Å². The van der Waals surface area contributed by atoms with Gasteiger partial charge in [-0.3, -0.25) is 0 Å². The first kappa shape index (κ1) is 17.0. The molecular weight excluding hydrogens is 234 g/mol. The predicted octanol–water partition coefficient (Wildman–Crippen LogP) is 4.39. The van der Waals surface area contributed by atoms with Crippen LogP contribution in [0.4, 0.5) is 0 Å². The first-order valence-corrected chi connectivity index (χ1v) is 8.28. The van der Waals surface area contributed by atoms with Crippen molar-refractivity contribution in [2.75, 3.05) is 13.2 Å². The molecule has 1 fully saturated rings. The van der Waals surface area contributed by atoms with Crippen molar-refractivity contribution in [2.24, 2.45) is 11.3 Å². The first-order chi connectivity index (χ1) is 8.90. The summed E-state index contributed by atoms with van der Waals surface area (Å²) in [4.78, 5) is 0. The van der Waals surface area contributed by atoms with E-state index >= 15 is 0 Å². The molecule has 0 saturated heterocycles. The maximum absolute atomic E-state index is 6.34. The molecule has 1 N–H and O–H groups in total. The second-order valence-corrected chi connectivity index (χ2v) is 7.08. The Morgan fingerprint density at radius 1 is 1.05 bits per heavy atom. The summed E-state index contributed by atoms with van der Waals surface area (Å²) in [6.45, 7) is 15.7. The lowest BCUT2D eigenvalue weighted by Crippen LogP contribution is -2.58. The van der Waals surface area contributed by atoms with Crippen LogP contribution in [0.15, 0.2) is 0 Å². The van der Waals surface area contributed by atoms with Gasteiger partial charge in [-0.15, -0.1) is 0 Å². The van der Waals surface area contributed by atoms with Crippen molar-refractivity contribution in [2.45, 2.75) is 85.3 Å². The first-order valence-electron chi connectivity index (χ1n) is 8.28. The average Bonchev–Trinajstić information content (AvgIpc) is 2.38. The maximum atomic E-state index is 6.34. The average molecular weight is 269 g/mol. The summed E-state index contributed by atoms with van der Waals surface area (Å²) < 4.78 is 6.34. The van der Waals surface area contributed by atoms with Gasteiger partial charge in [0.15, 0.2) is 0 Å². The van der Waals surface area contributed by atoms with Gasteiger partial charge in [0.05, 0.1) is 5.60 Å². The molecule has 0 radical (unpaired) electrons. The van der Waals surface area contributed by atoms with E-state index in [0.29, 0.717) is 17.4 Å². The van der Waals surface area contributed by atoms with Crippen molar-refractivity contribution < 1.29 is 4.74 Å². The van der Waals surface area contributed by atoms with Crippen LogP contribution in [0, 0.1) is 11.3 Å². The number of hydrogen-bond acceptors (Lipinski definition) is 2. The summed E-state index contributed by atoms with van der Waals surface area (Å²) in [5.41, 5.74) is 0.558. The summed E-state index contributed by atoms with van der Waals surface area (Å²) in [5.74, 6) is 0.674. The van der Waals surface area contributed by atoms with E-state index in [9.17, 15) is 0 Å². The van der Waals surface area contributed by atoms with Crippen LogP contribution in [0.2, 0.25) is 0 Å². The molecule has 2 heteroatoms. The largest absolute Gasteiger partial charge is 0.374 e. The number of likely N-dealkylation sites (N-methyl/N-ethyl adjacent to an activating group) is 1. The molecule has 0 aromatic heterocycles. The van der Waals surface area contributed by atoms with Crippen LogP contribution in [0.1, 0.15) is 73.6 Å². The third kappa shape index (κ3) is 4.19. The van der Waals surface area contributed by atoms with Crippen molar-refractivity contribution in [3.8, 4) is 0 Å². The van der Waals surface area contributed by atoms with Crippen LogP contribution in [0.25, 0.3) is 0 Å². The van der Waals surface area contributed by atoms with E-state index in [0.717, 1.165) is 13.2 Å². The number of ether oxygens (including phenoxy) is 1. The lowest BCUT2D eigenvalue weighted by molar-refractivity contribution is -0.116. The minimum atomic E-state index is 0.0652. The summed E-state index contributed by atoms with van der Waals surface area (Å²) in [6, 6.07) is 0.499. The minimum absolute atomic E-state index is 0.0652. The molecule has 1 saturated carbocycles. The Labute approximate surface area is 120 Å². The number of hydrogen-bond donors (Lipinski definition) is 1. The van der Waals surface area contributed by atoms with Crippen molar-refractivity contribution in [1.82, 2.24) is 5.32 Å². The molecule has 2 atom stereocenters. The Kier molecular flexibility index (Phi) is 6.32. The van der Waals surface area contributed by atoms with Crippen LogP contribution in [0.3, 0.4) is 0 Å². The van der Waals surface area contributed by atoms with Gasteiger partial charge in [0.25, 0.3) is 0 Å². The van der Waals surface area contributed by atoms with E-state index in [-0.39, 0.29) is 5.60 Å². The van der Waals surface area contributed by atoms with Crippen molar-refractivity contribution in [3.63, 3.8) is 0 Å². The monoisotopic (exact) mass is 269 g/mol. The molecule has 0 spiro atoms. The fraction of sp³-hybridized carbons (Fsp3) is 1.00. The van der Waals surface area contributed by atoms with Gasteiger partial charge < -0.3 is 10.1 Å². The molecule has 2 nitrogen and oxygen atoms in total. The molecule has 114 valence electrons. The summed E-state index contributed by atoms with van der Waals surface area (Å²) >= 11 is 0. The van der Waals surface area contributed by atoms with E-state index in [2.05, 4.69) is 46.9 Å². The van der Waals surface area contributed by atoms with Crippen LogP contribution in [-0.4, -0.2) is 24.8 Å². The van der Waals surface area contributed by atoms with E-state index in [4.69, 9.17) is 4.74 Å². The second-order valence-electron chi connectivity index (χ2n) is 7.08. The third-order valence-electron chi connectivity index (χ3n) is 5.09. The zero-order chi connectivity index (χ0) is 14.5. The normalized spacial score (nSPS) is 24.9. The Balaban J connectivity index is 2.89. The highest BCUT2D eigenvalue weighted by molar-refractivity contribution is 5.00. The topological polar surface area (TPSA) is 21.3 Å². The lowest BCUT2D eigenvalue weighted by Gasteiger charge is -2.49. The van der Waals surface area contributed by atoms with E-state index in [1.165, 1.54) is 32.1 Å². The van der Waals surface area contributed by atoms with E-state index in [1.54, 1.807) is 0 Å². The van der Waals surface area contributed by atoms with Crippen molar-refractivity contribution in [3.05, 3.63) is 0 Å². The van der Waals surface area contributed by atoms with E-state index in [1.807, 2.05) is 0 Å². The molecule has 19 heavy (non-hydrogen) atoms. The van der Waals surface area contributed by atoms with Gasteiger partial charge in [-0.1, -0.05) is 41.0 Å². The van der Waals surface area contributed by atoms with Gasteiger partial charge in [-0.2, -0.15) is 0 Å². The van der Waals surface area contributed by atoms with Gasteiger partial charge in [0.1, 0.15) is 0 Å². The minimum Gasteiger partial charge on any atom is -0.374 e. The van der Waals surface area contributed by atoms with Crippen molar-refractivity contribution >= 4 is 0 Å². The number of rotatable bonds is 7. The molecule has 1 aliphatic carbocycles. The van der Waals surface area contributed by atoms with Crippen LogP contribution in [0.5, 0.6) is 0 Å². The maximum Gasteiger partial charge on any atom is 0.0837 e.